The van der Waals surface area contributed by atoms with Crippen molar-refractivity contribution in [1.82, 2.24) is 0 Å². The molecule has 0 unspecified atom stereocenters. The van der Waals surface area contributed by atoms with Crippen LogP contribution in [0.3, 0.4) is 0 Å². The van der Waals surface area contributed by atoms with Gasteiger partial charge in [0.1, 0.15) is 5.78 Å². The lowest BCUT2D eigenvalue weighted by atomic mass is 9.36. The molecule has 0 aromatic carbocycles. The van der Waals surface area contributed by atoms with Crippen LogP contribution in [0.2, 0.25) is 0 Å². The Kier molecular flexibility index (Phi) is 5.39. The first-order chi connectivity index (χ1) is 13.2. The summed E-state index contributed by atoms with van der Waals surface area (Å²) < 4.78 is 9.46. The summed E-state index contributed by atoms with van der Waals surface area (Å²) in [6.45, 7) is 13.1. The molecule has 1 aliphatic carbocycles. The molecule has 2 fully saturated rings. The van der Waals surface area contributed by atoms with Gasteiger partial charge in [-0.15, -0.1) is 11.8 Å². The molecular weight excluding hydrogens is 392 g/mol. The third kappa shape index (κ3) is 2.39. The lowest BCUT2D eigenvalue weighted by molar-refractivity contribution is -0.195. The fourth-order valence-corrected chi connectivity index (χ4v) is 7.64. The zero-order valence-electron chi connectivity index (χ0n) is 18.2. The van der Waals surface area contributed by atoms with Gasteiger partial charge in [-0.2, -0.15) is 10.5 Å². The van der Waals surface area contributed by atoms with Crippen LogP contribution >= 0.6 is 11.8 Å². The quantitative estimate of drug-likeness (QED) is 0.637. The molecule has 0 radical (unpaired) electrons. The molecule has 29 heavy (non-hydrogen) atoms. The molecule has 1 saturated heterocycles. The minimum atomic E-state index is -2.21. The second-order valence-corrected chi connectivity index (χ2v) is 10.5. The molecule has 1 aliphatic heterocycles. The second-order valence-electron chi connectivity index (χ2n) is 9.34. The molecule has 2 atom stereocenters. The number of carbonyl (C=O) groups excluding carboxylic acids is 3. The van der Waals surface area contributed by atoms with E-state index < -0.39 is 50.6 Å². The van der Waals surface area contributed by atoms with Gasteiger partial charge in [0.05, 0.1) is 29.1 Å². The summed E-state index contributed by atoms with van der Waals surface area (Å²) in [4.78, 5) is 39.7. The molecule has 1 spiro atoms. The Balaban J connectivity index is 2.92. The minimum absolute atomic E-state index is 0.138. The van der Waals surface area contributed by atoms with Crippen molar-refractivity contribution < 1.29 is 23.9 Å². The fraction of sp³-hybridized carbons (Fsp3) is 0.762. The van der Waals surface area contributed by atoms with Crippen molar-refractivity contribution in [2.75, 3.05) is 5.75 Å². The molecule has 1 saturated carbocycles. The van der Waals surface area contributed by atoms with Gasteiger partial charge in [-0.1, -0.05) is 27.7 Å². The van der Waals surface area contributed by atoms with E-state index in [-0.39, 0.29) is 11.5 Å². The van der Waals surface area contributed by atoms with E-state index in [9.17, 15) is 24.9 Å². The third-order valence-electron chi connectivity index (χ3n) is 6.27. The number of hydrogen-bond donors (Lipinski definition) is 0. The van der Waals surface area contributed by atoms with E-state index in [2.05, 4.69) is 0 Å². The van der Waals surface area contributed by atoms with E-state index in [0.29, 0.717) is 0 Å². The molecule has 2 rings (SSSR count). The number of carbonyl (C=O) groups is 3. The van der Waals surface area contributed by atoms with Crippen molar-refractivity contribution in [1.29, 1.82) is 10.5 Å². The Morgan fingerprint density at radius 2 is 1.38 bits per heavy atom. The van der Waals surface area contributed by atoms with E-state index >= 15 is 0 Å². The molecule has 0 N–H and O–H groups in total. The standard InChI is InChI=1S/C21H28N2O5S/c1-12(2)27-15(25)19(9-22)11-29-21(17(5,6)14(24)18(21,7)8)20(19,10-23)16(26)28-13(3)4/h12-13H,11H2,1-8H3/t19-,20-/m1/s1. The van der Waals surface area contributed by atoms with E-state index in [4.69, 9.17) is 9.47 Å². The van der Waals surface area contributed by atoms with Gasteiger partial charge in [0.25, 0.3) is 0 Å². The predicted octanol–water partition coefficient (Wildman–Crippen LogP) is 3.03. The molecule has 8 heteroatoms. The highest BCUT2D eigenvalue weighted by Crippen LogP contribution is 2.79. The van der Waals surface area contributed by atoms with Gasteiger partial charge < -0.3 is 9.47 Å². The predicted molar refractivity (Wildman–Crippen MR) is 106 cm³/mol. The molecule has 0 amide bonds. The lowest BCUT2D eigenvalue weighted by Crippen LogP contribution is -2.80. The van der Waals surface area contributed by atoms with Gasteiger partial charge in [0.15, 0.2) is 5.41 Å². The van der Waals surface area contributed by atoms with Crippen molar-refractivity contribution in [3.63, 3.8) is 0 Å². The number of Topliss-reactive ketones (excluding diaryl/α,β-unsaturated/α-hetero) is 1. The van der Waals surface area contributed by atoms with Crippen LogP contribution in [0.25, 0.3) is 0 Å². The Labute approximate surface area is 176 Å². The van der Waals surface area contributed by atoms with Gasteiger partial charge in [-0.05, 0) is 27.7 Å². The van der Waals surface area contributed by atoms with Crippen LogP contribution in [-0.2, 0) is 23.9 Å². The largest absolute Gasteiger partial charge is 0.462 e. The molecule has 158 valence electrons. The number of ether oxygens (including phenoxy) is 2. The van der Waals surface area contributed by atoms with Gasteiger partial charge in [0, 0.05) is 16.6 Å². The third-order valence-corrected chi connectivity index (χ3v) is 8.60. The monoisotopic (exact) mass is 420 g/mol. The summed E-state index contributed by atoms with van der Waals surface area (Å²) in [5.74, 6) is -2.18. The number of nitriles is 2. The van der Waals surface area contributed by atoms with Crippen molar-refractivity contribution in [3.05, 3.63) is 0 Å². The van der Waals surface area contributed by atoms with Crippen LogP contribution in [-0.4, -0.2) is 40.4 Å². The van der Waals surface area contributed by atoms with Crippen LogP contribution < -0.4 is 0 Å². The van der Waals surface area contributed by atoms with E-state index in [1.807, 2.05) is 12.1 Å². The average molecular weight is 421 g/mol. The second kappa shape index (κ2) is 6.74. The van der Waals surface area contributed by atoms with Crippen molar-refractivity contribution in [3.8, 4) is 12.1 Å². The molecule has 1 heterocycles. The SMILES string of the molecule is CC(C)OC(=O)[C@@]1(C#N)C2(SC[C@]1(C#N)C(=O)OC(C)C)C(C)(C)C(=O)C2(C)C. The summed E-state index contributed by atoms with van der Waals surface area (Å²) in [6, 6.07) is 3.99. The maximum absolute atomic E-state index is 13.5. The van der Waals surface area contributed by atoms with Crippen molar-refractivity contribution in [2.45, 2.75) is 72.3 Å². The molecular formula is C21H28N2O5S. The van der Waals surface area contributed by atoms with Gasteiger partial charge in [0.2, 0.25) is 5.41 Å². The highest BCUT2D eigenvalue weighted by Gasteiger charge is 2.91. The topological polar surface area (TPSA) is 117 Å². The number of thioether (sulfide) groups is 1. The van der Waals surface area contributed by atoms with Gasteiger partial charge in [-0.3, -0.25) is 14.4 Å². The molecule has 0 aromatic heterocycles. The summed E-state index contributed by atoms with van der Waals surface area (Å²) in [5.41, 5.74) is -6.58. The zero-order valence-corrected chi connectivity index (χ0v) is 19.0. The Morgan fingerprint density at radius 3 is 1.76 bits per heavy atom. The van der Waals surface area contributed by atoms with E-state index in [0.717, 1.165) is 11.8 Å². The first-order valence-corrected chi connectivity index (χ1v) is 10.6. The number of nitrogens with zero attached hydrogens (tertiary/aromatic N) is 2. The number of hydrogen-bond acceptors (Lipinski definition) is 8. The maximum Gasteiger partial charge on any atom is 0.330 e. The number of esters is 2. The minimum Gasteiger partial charge on any atom is -0.462 e. The van der Waals surface area contributed by atoms with Crippen LogP contribution in [0.1, 0.15) is 55.4 Å². The summed E-state index contributed by atoms with van der Waals surface area (Å²) >= 11 is 1.16. The summed E-state index contributed by atoms with van der Waals surface area (Å²) in [6.07, 6.45) is -1.12. The normalized spacial score (nSPS) is 31.1. The van der Waals surface area contributed by atoms with Crippen LogP contribution in [0.5, 0.6) is 0 Å². The fourth-order valence-electron chi connectivity index (χ4n) is 5.38. The maximum atomic E-state index is 13.5. The van der Waals surface area contributed by atoms with E-state index in [1.165, 1.54) is 0 Å². The van der Waals surface area contributed by atoms with Gasteiger partial charge in [-0.25, -0.2) is 0 Å². The molecule has 7 nitrogen and oxygen atoms in total. The zero-order chi connectivity index (χ0) is 22.6. The van der Waals surface area contributed by atoms with Crippen LogP contribution in [0, 0.1) is 44.3 Å². The molecule has 2 aliphatic rings. The Hall–Kier alpha value is -2.06. The van der Waals surface area contributed by atoms with Crippen molar-refractivity contribution >= 4 is 29.5 Å². The highest BCUT2D eigenvalue weighted by atomic mass is 32.2. The van der Waals surface area contributed by atoms with Crippen LogP contribution in [0.15, 0.2) is 0 Å². The molecule has 0 aromatic rings. The Morgan fingerprint density at radius 1 is 0.931 bits per heavy atom. The molecule has 0 bridgehead atoms. The summed E-state index contributed by atoms with van der Waals surface area (Å²) in [7, 11) is 0. The summed E-state index contributed by atoms with van der Waals surface area (Å²) in [5, 5.41) is 20.7. The lowest BCUT2D eigenvalue weighted by Gasteiger charge is -2.67. The highest BCUT2D eigenvalue weighted by molar-refractivity contribution is 8.01. The smallest absolute Gasteiger partial charge is 0.330 e. The Bertz CT molecular complexity index is 830. The van der Waals surface area contributed by atoms with E-state index in [1.54, 1.807) is 55.4 Å². The van der Waals surface area contributed by atoms with Crippen LogP contribution in [0.4, 0.5) is 0 Å². The first-order valence-electron chi connectivity index (χ1n) is 9.59. The average Bonchev–Trinajstić information content (AvgIpc) is 2.94. The first kappa shape index (κ1) is 23.2. The van der Waals surface area contributed by atoms with Crippen molar-refractivity contribution in [2.24, 2.45) is 21.7 Å². The number of rotatable bonds is 4. The van der Waals surface area contributed by atoms with Gasteiger partial charge >= 0.3 is 11.9 Å². The number of ketones is 1.